The maximum absolute atomic E-state index is 12.6. The number of nitrogens with zero attached hydrogens (tertiary/aromatic N) is 2. The van der Waals surface area contributed by atoms with Gasteiger partial charge >= 0.3 is 0 Å². The Labute approximate surface area is 141 Å². The second-order valence-corrected chi connectivity index (χ2v) is 6.40. The van der Waals surface area contributed by atoms with Gasteiger partial charge in [0, 0.05) is 31.9 Å². The van der Waals surface area contributed by atoms with Crippen LogP contribution in [0.1, 0.15) is 12.1 Å². The van der Waals surface area contributed by atoms with Crippen molar-refractivity contribution in [3.8, 4) is 0 Å². The number of amides is 2. The minimum Gasteiger partial charge on any atom is -0.378 e. The fraction of sp³-hybridized carbons (Fsp3) is 0.588. The lowest BCUT2D eigenvalue weighted by Crippen LogP contribution is -2.50. The van der Waals surface area contributed by atoms with Crippen LogP contribution in [0.15, 0.2) is 18.3 Å². The van der Waals surface area contributed by atoms with E-state index in [2.05, 4.69) is 15.6 Å². The third-order valence-electron chi connectivity index (χ3n) is 4.57. The number of nitrogens with one attached hydrogen (secondary N) is 2. The summed E-state index contributed by atoms with van der Waals surface area (Å²) < 4.78 is 5.29. The fourth-order valence-corrected chi connectivity index (χ4v) is 3.16. The average molecular weight is 332 g/mol. The predicted molar refractivity (Wildman–Crippen MR) is 89.5 cm³/mol. The number of anilines is 1. The summed E-state index contributed by atoms with van der Waals surface area (Å²) in [7, 11) is 0. The molecule has 2 amide bonds. The topological polar surface area (TPSA) is 83.6 Å². The Hall–Kier alpha value is -1.99. The first-order chi connectivity index (χ1) is 11.6. The number of ether oxygens (including phenoxy) is 1. The van der Waals surface area contributed by atoms with E-state index in [0.717, 1.165) is 5.69 Å². The molecule has 24 heavy (non-hydrogen) atoms. The Morgan fingerprint density at radius 3 is 2.71 bits per heavy atom. The second-order valence-electron chi connectivity index (χ2n) is 6.40. The molecule has 2 aliphatic rings. The highest BCUT2D eigenvalue weighted by molar-refractivity contribution is 5.93. The number of carbonyl (C=O) groups excluding carboxylic acids is 2. The van der Waals surface area contributed by atoms with Crippen molar-refractivity contribution in [2.75, 3.05) is 44.7 Å². The molecule has 2 N–H and O–H groups in total. The number of piperidine rings is 1. The first kappa shape index (κ1) is 16.9. The van der Waals surface area contributed by atoms with Crippen LogP contribution in [0.25, 0.3) is 0 Å². The van der Waals surface area contributed by atoms with Gasteiger partial charge in [-0.25, -0.2) is 0 Å². The number of pyridine rings is 1. The van der Waals surface area contributed by atoms with Gasteiger partial charge in [0.1, 0.15) is 0 Å². The van der Waals surface area contributed by atoms with Crippen LogP contribution in [0.3, 0.4) is 0 Å². The van der Waals surface area contributed by atoms with Gasteiger partial charge in [-0.15, -0.1) is 0 Å². The Balaban J connectivity index is 1.57. The highest BCUT2D eigenvalue weighted by Gasteiger charge is 2.33. The molecule has 0 aliphatic carbocycles. The lowest BCUT2D eigenvalue weighted by Gasteiger charge is -2.34. The highest BCUT2D eigenvalue weighted by Crippen LogP contribution is 2.21. The summed E-state index contributed by atoms with van der Waals surface area (Å²) in [5.74, 6) is -0.299. The minimum absolute atomic E-state index is 0.0624. The van der Waals surface area contributed by atoms with Gasteiger partial charge in [0.05, 0.1) is 36.9 Å². The number of morpholine rings is 1. The molecular weight excluding hydrogens is 308 g/mol. The van der Waals surface area contributed by atoms with Gasteiger partial charge in [0.2, 0.25) is 11.8 Å². The van der Waals surface area contributed by atoms with E-state index in [9.17, 15) is 9.59 Å². The van der Waals surface area contributed by atoms with Crippen LogP contribution in [-0.2, 0) is 14.3 Å². The molecule has 0 unspecified atom stereocenters. The smallest absolute Gasteiger partial charge is 0.228 e. The zero-order valence-electron chi connectivity index (χ0n) is 14.0. The monoisotopic (exact) mass is 332 g/mol. The molecule has 3 rings (SSSR count). The van der Waals surface area contributed by atoms with E-state index >= 15 is 0 Å². The molecule has 0 saturated carbocycles. The number of carbonyl (C=O) groups is 2. The summed E-state index contributed by atoms with van der Waals surface area (Å²) in [6.45, 7) is 5.59. The predicted octanol–water partition coefficient (Wildman–Crippen LogP) is 0.413. The van der Waals surface area contributed by atoms with Crippen LogP contribution in [0.5, 0.6) is 0 Å². The van der Waals surface area contributed by atoms with Crippen molar-refractivity contribution in [3.63, 3.8) is 0 Å². The maximum atomic E-state index is 12.6. The molecule has 0 spiro atoms. The molecule has 3 heterocycles. The zero-order valence-corrected chi connectivity index (χ0v) is 14.0. The molecule has 1 aromatic heterocycles. The molecule has 0 bridgehead atoms. The Kier molecular flexibility index (Phi) is 5.42. The van der Waals surface area contributed by atoms with Gasteiger partial charge in [-0.05, 0) is 25.5 Å². The quantitative estimate of drug-likeness (QED) is 0.838. The Morgan fingerprint density at radius 1 is 1.25 bits per heavy atom. The van der Waals surface area contributed by atoms with Crippen LogP contribution < -0.4 is 10.6 Å². The summed E-state index contributed by atoms with van der Waals surface area (Å²) in [6, 6.07) is 3.70. The van der Waals surface area contributed by atoms with Crippen LogP contribution >= 0.6 is 0 Å². The van der Waals surface area contributed by atoms with E-state index in [4.69, 9.17) is 4.74 Å². The van der Waals surface area contributed by atoms with E-state index in [1.54, 1.807) is 6.20 Å². The van der Waals surface area contributed by atoms with Crippen LogP contribution in [0.4, 0.5) is 5.69 Å². The fourth-order valence-electron chi connectivity index (χ4n) is 3.16. The number of hydrogen-bond donors (Lipinski definition) is 2. The summed E-state index contributed by atoms with van der Waals surface area (Å²) in [6.07, 6.45) is 2.23. The Bertz CT molecular complexity index is 584. The lowest BCUT2D eigenvalue weighted by molar-refractivity contribution is -0.141. The number of aromatic nitrogens is 1. The SMILES string of the molecule is Cc1ccc(NC(=O)[C@@H]2CNC[C@H](C(=O)N3CCOCC3)C2)cn1. The molecule has 2 atom stereocenters. The normalized spacial score (nSPS) is 24.5. The van der Waals surface area contributed by atoms with Crippen molar-refractivity contribution in [1.82, 2.24) is 15.2 Å². The largest absolute Gasteiger partial charge is 0.378 e. The Morgan fingerprint density at radius 2 is 2.00 bits per heavy atom. The van der Waals surface area contributed by atoms with Crippen molar-refractivity contribution in [2.24, 2.45) is 11.8 Å². The van der Waals surface area contributed by atoms with Crippen molar-refractivity contribution in [2.45, 2.75) is 13.3 Å². The van der Waals surface area contributed by atoms with Crippen molar-refractivity contribution in [3.05, 3.63) is 24.0 Å². The van der Waals surface area contributed by atoms with Gasteiger partial charge < -0.3 is 20.3 Å². The third-order valence-corrected chi connectivity index (χ3v) is 4.57. The molecule has 130 valence electrons. The molecule has 7 heteroatoms. The lowest BCUT2D eigenvalue weighted by atomic mass is 9.88. The summed E-state index contributed by atoms with van der Waals surface area (Å²) in [5, 5.41) is 6.12. The van der Waals surface area contributed by atoms with E-state index in [0.29, 0.717) is 51.5 Å². The molecule has 0 aromatic carbocycles. The van der Waals surface area contributed by atoms with Gasteiger partial charge in [-0.3, -0.25) is 14.6 Å². The molecule has 2 aliphatic heterocycles. The molecule has 7 nitrogen and oxygen atoms in total. The molecular formula is C17H24N4O3. The van der Waals surface area contributed by atoms with Gasteiger partial charge in [0.25, 0.3) is 0 Å². The third kappa shape index (κ3) is 4.10. The molecule has 2 saturated heterocycles. The summed E-state index contributed by atoms with van der Waals surface area (Å²) in [5.41, 5.74) is 1.59. The zero-order chi connectivity index (χ0) is 16.9. The first-order valence-corrected chi connectivity index (χ1v) is 8.44. The van der Waals surface area contributed by atoms with E-state index in [-0.39, 0.29) is 23.7 Å². The van der Waals surface area contributed by atoms with Gasteiger partial charge in [0.15, 0.2) is 0 Å². The van der Waals surface area contributed by atoms with Crippen LogP contribution in [0, 0.1) is 18.8 Å². The number of rotatable bonds is 3. The van der Waals surface area contributed by atoms with Crippen LogP contribution in [0.2, 0.25) is 0 Å². The maximum Gasteiger partial charge on any atom is 0.228 e. The van der Waals surface area contributed by atoms with Crippen LogP contribution in [-0.4, -0.2) is 61.1 Å². The molecule has 1 aromatic rings. The van der Waals surface area contributed by atoms with Crippen molar-refractivity contribution in [1.29, 1.82) is 0 Å². The second kappa shape index (κ2) is 7.72. The van der Waals surface area contributed by atoms with E-state index in [1.165, 1.54) is 0 Å². The van der Waals surface area contributed by atoms with Crippen molar-refractivity contribution < 1.29 is 14.3 Å². The molecule has 2 fully saturated rings. The van der Waals surface area contributed by atoms with E-state index < -0.39 is 0 Å². The van der Waals surface area contributed by atoms with E-state index in [1.807, 2.05) is 24.0 Å². The first-order valence-electron chi connectivity index (χ1n) is 8.44. The molecule has 0 radical (unpaired) electrons. The standard InChI is InChI=1S/C17H24N4O3/c1-12-2-3-15(11-19-12)20-16(22)13-8-14(10-18-9-13)17(23)21-4-6-24-7-5-21/h2-3,11,13-14,18H,4-10H2,1H3,(H,20,22)/t13-,14+/m0/s1. The minimum atomic E-state index is -0.213. The summed E-state index contributed by atoms with van der Waals surface area (Å²) in [4.78, 5) is 31.1. The number of hydrogen-bond acceptors (Lipinski definition) is 5. The number of aryl methyl sites for hydroxylation is 1. The average Bonchev–Trinajstić information content (AvgIpc) is 2.64. The van der Waals surface area contributed by atoms with Gasteiger partial charge in [-0.2, -0.15) is 0 Å². The highest BCUT2D eigenvalue weighted by atomic mass is 16.5. The van der Waals surface area contributed by atoms with Crippen molar-refractivity contribution >= 4 is 17.5 Å². The summed E-state index contributed by atoms with van der Waals surface area (Å²) >= 11 is 0. The van der Waals surface area contributed by atoms with Gasteiger partial charge in [-0.1, -0.05) is 0 Å².